The minimum absolute atomic E-state index is 0.0291. The minimum atomic E-state index is -0.0291. The van der Waals surface area contributed by atoms with E-state index >= 15 is 0 Å². The maximum absolute atomic E-state index is 12.3. The van der Waals surface area contributed by atoms with Crippen LogP contribution in [0.2, 0.25) is 0 Å². The van der Waals surface area contributed by atoms with Crippen LogP contribution in [0.25, 0.3) is 0 Å². The molecule has 6 nitrogen and oxygen atoms in total. The fourth-order valence-electron chi connectivity index (χ4n) is 3.20. The number of carbonyl (C=O) groups excluding carboxylic acids is 1. The largest absolute Gasteiger partial charge is 0.495 e. The second kappa shape index (κ2) is 8.10. The van der Waals surface area contributed by atoms with Gasteiger partial charge in [-0.25, -0.2) is 0 Å². The number of anilines is 3. The molecule has 0 aliphatic carbocycles. The zero-order valence-corrected chi connectivity index (χ0v) is 15.4. The Morgan fingerprint density at radius 3 is 2.58 bits per heavy atom. The summed E-state index contributed by atoms with van der Waals surface area (Å²) in [5.41, 5.74) is 9.60. The number of carbonyl (C=O) groups is 1. The quantitative estimate of drug-likeness (QED) is 0.807. The van der Waals surface area contributed by atoms with Crippen LogP contribution in [0, 0.1) is 6.92 Å². The Morgan fingerprint density at radius 1 is 1.15 bits per heavy atom. The number of aryl methyl sites for hydroxylation is 1. The SMILES string of the molecule is COc1ccc(NC(=O)CN2CCN(c3cccc(C)c3)CC2)cc1N. The predicted molar refractivity (Wildman–Crippen MR) is 106 cm³/mol. The molecule has 3 N–H and O–H groups in total. The summed E-state index contributed by atoms with van der Waals surface area (Å²) in [6.45, 7) is 6.07. The zero-order chi connectivity index (χ0) is 18.5. The van der Waals surface area contributed by atoms with Crippen molar-refractivity contribution in [1.29, 1.82) is 0 Å². The highest BCUT2D eigenvalue weighted by atomic mass is 16.5. The van der Waals surface area contributed by atoms with Gasteiger partial charge in [-0.3, -0.25) is 9.69 Å². The van der Waals surface area contributed by atoms with E-state index in [9.17, 15) is 4.79 Å². The van der Waals surface area contributed by atoms with Crippen molar-refractivity contribution in [3.05, 3.63) is 48.0 Å². The number of nitrogens with one attached hydrogen (secondary N) is 1. The lowest BCUT2D eigenvalue weighted by Gasteiger charge is -2.35. The average molecular weight is 354 g/mol. The van der Waals surface area contributed by atoms with Gasteiger partial charge in [-0.1, -0.05) is 12.1 Å². The number of piperazine rings is 1. The van der Waals surface area contributed by atoms with E-state index in [-0.39, 0.29) is 5.91 Å². The number of methoxy groups -OCH3 is 1. The molecule has 0 atom stereocenters. The molecule has 0 radical (unpaired) electrons. The average Bonchev–Trinajstić information content (AvgIpc) is 2.62. The van der Waals surface area contributed by atoms with Crippen molar-refractivity contribution in [2.24, 2.45) is 0 Å². The van der Waals surface area contributed by atoms with Gasteiger partial charge in [0.2, 0.25) is 5.91 Å². The van der Waals surface area contributed by atoms with E-state index in [0.717, 1.165) is 26.2 Å². The smallest absolute Gasteiger partial charge is 0.238 e. The third-order valence-corrected chi connectivity index (χ3v) is 4.62. The van der Waals surface area contributed by atoms with E-state index in [1.165, 1.54) is 11.3 Å². The fourth-order valence-corrected chi connectivity index (χ4v) is 3.20. The van der Waals surface area contributed by atoms with Gasteiger partial charge in [0.05, 0.1) is 19.3 Å². The Kier molecular flexibility index (Phi) is 5.63. The highest BCUT2D eigenvalue weighted by Gasteiger charge is 2.19. The number of rotatable bonds is 5. The van der Waals surface area contributed by atoms with Crippen LogP contribution in [0.15, 0.2) is 42.5 Å². The van der Waals surface area contributed by atoms with Crippen molar-refractivity contribution < 1.29 is 9.53 Å². The van der Waals surface area contributed by atoms with Gasteiger partial charge in [-0.15, -0.1) is 0 Å². The molecular weight excluding hydrogens is 328 g/mol. The van der Waals surface area contributed by atoms with Crippen molar-refractivity contribution in [3.8, 4) is 5.75 Å². The Bertz CT molecular complexity index is 770. The molecule has 138 valence electrons. The number of nitrogen functional groups attached to an aromatic ring is 1. The van der Waals surface area contributed by atoms with Gasteiger partial charge in [-0.05, 0) is 42.8 Å². The molecule has 2 aromatic carbocycles. The summed E-state index contributed by atoms with van der Waals surface area (Å²) < 4.78 is 5.13. The highest BCUT2D eigenvalue weighted by Crippen LogP contribution is 2.24. The number of nitrogens with two attached hydrogens (primary N) is 1. The van der Waals surface area contributed by atoms with Crippen molar-refractivity contribution in [1.82, 2.24) is 4.90 Å². The Balaban J connectivity index is 1.49. The van der Waals surface area contributed by atoms with Crippen molar-refractivity contribution in [2.75, 3.05) is 55.8 Å². The molecule has 3 rings (SSSR count). The molecule has 0 bridgehead atoms. The fraction of sp³-hybridized carbons (Fsp3) is 0.350. The van der Waals surface area contributed by atoms with E-state index in [2.05, 4.69) is 46.3 Å². The summed E-state index contributed by atoms with van der Waals surface area (Å²) in [5.74, 6) is 0.578. The lowest BCUT2D eigenvalue weighted by molar-refractivity contribution is -0.117. The van der Waals surface area contributed by atoms with Gasteiger partial charge in [-0.2, -0.15) is 0 Å². The first-order chi connectivity index (χ1) is 12.5. The summed E-state index contributed by atoms with van der Waals surface area (Å²) in [4.78, 5) is 16.8. The molecule has 1 amide bonds. The van der Waals surface area contributed by atoms with Crippen LogP contribution in [0.5, 0.6) is 5.75 Å². The van der Waals surface area contributed by atoms with Crippen LogP contribution in [0.3, 0.4) is 0 Å². The molecule has 0 spiro atoms. The third-order valence-electron chi connectivity index (χ3n) is 4.62. The number of hydrogen-bond acceptors (Lipinski definition) is 5. The topological polar surface area (TPSA) is 70.8 Å². The van der Waals surface area contributed by atoms with Crippen molar-refractivity contribution >= 4 is 23.0 Å². The van der Waals surface area contributed by atoms with Gasteiger partial charge in [0, 0.05) is 37.6 Å². The molecule has 1 fully saturated rings. The summed E-state index contributed by atoms with van der Waals surface area (Å²) in [7, 11) is 1.57. The molecule has 6 heteroatoms. The summed E-state index contributed by atoms with van der Waals surface area (Å²) in [6.07, 6.45) is 0. The van der Waals surface area contributed by atoms with Crippen molar-refractivity contribution in [3.63, 3.8) is 0 Å². The molecular formula is C20H26N4O2. The van der Waals surface area contributed by atoms with Gasteiger partial charge in [0.1, 0.15) is 5.75 Å². The molecule has 1 aliphatic heterocycles. The Labute approximate surface area is 154 Å². The van der Waals surface area contributed by atoms with Crippen LogP contribution in [-0.4, -0.2) is 50.6 Å². The van der Waals surface area contributed by atoms with E-state index in [4.69, 9.17) is 10.5 Å². The second-order valence-electron chi connectivity index (χ2n) is 6.61. The molecule has 1 heterocycles. The van der Waals surface area contributed by atoms with Crippen LogP contribution < -0.4 is 20.7 Å². The molecule has 0 unspecified atom stereocenters. The maximum atomic E-state index is 12.3. The number of benzene rings is 2. The lowest BCUT2D eigenvalue weighted by atomic mass is 10.2. The van der Waals surface area contributed by atoms with E-state index in [1.807, 2.05) is 0 Å². The second-order valence-corrected chi connectivity index (χ2v) is 6.61. The highest BCUT2D eigenvalue weighted by molar-refractivity contribution is 5.93. The van der Waals surface area contributed by atoms with Crippen LogP contribution in [-0.2, 0) is 4.79 Å². The zero-order valence-electron chi connectivity index (χ0n) is 15.4. The molecule has 0 aromatic heterocycles. The first-order valence-corrected chi connectivity index (χ1v) is 8.82. The van der Waals surface area contributed by atoms with E-state index < -0.39 is 0 Å². The maximum Gasteiger partial charge on any atom is 0.238 e. The Hall–Kier alpha value is -2.73. The monoisotopic (exact) mass is 354 g/mol. The van der Waals surface area contributed by atoms with E-state index in [1.54, 1.807) is 25.3 Å². The first-order valence-electron chi connectivity index (χ1n) is 8.82. The van der Waals surface area contributed by atoms with Gasteiger partial charge in [0.15, 0.2) is 0 Å². The predicted octanol–water partition coefficient (Wildman–Crippen LogP) is 2.35. The normalized spacial score (nSPS) is 14.9. The van der Waals surface area contributed by atoms with Crippen LogP contribution in [0.4, 0.5) is 17.1 Å². The van der Waals surface area contributed by atoms with Crippen LogP contribution in [0.1, 0.15) is 5.56 Å². The number of nitrogens with zero attached hydrogens (tertiary/aromatic N) is 2. The molecule has 1 saturated heterocycles. The van der Waals surface area contributed by atoms with Crippen molar-refractivity contribution in [2.45, 2.75) is 6.92 Å². The summed E-state index contributed by atoms with van der Waals surface area (Å²) in [6, 6.07) is 13.8. The summed E-state index contributed by atoms with van der Waals surface area (Å²) >= 11 is 0. The Morgan fingerprint density at radius 2 is 1.92 bits per heavy atom. The molecule has 26 heavy (non-hydrogen) atoms. The standard InChI is InChI=1S/C20H26N4O2/c1-15-4-3-5-17(12-15)24-10-8-23(9-11-24)14-20(25)22-16-6-7-19(26-2)18(21)13-16/h3-7,12-13H,8-11,14,21H2,1-2H3,(H,22,25). The molecule has 1 aliphatic rings. The van der Waals surface area contributed by atoms with Gasteiger partial charge < -0.3 is 20.7 Å². The first kappa shape index (κ1) is 18.1. The van der Waals surface area contributed by atoms with Crippen LogP contribution >= 0.6 is 0 Å². The number of ether oxygens (including phenoxy) is 1. The van der Waals surface area contributed by atoms with E-state index in [0.29, 0.717) is 23.7 Å². The summed E-state index contributed by atoms with van der Waals surface area (Å²) in [5, 5.41) is 2.90. The van der Waals surface area contributed by atoms with Gasteiger partial charge >= 0.3 is 0 Å². The number of hydrogen-bond donors (Lipinski definition) is 2. The molecule has 2 aromatic rings. The number of amides is 1. The van der Waals surface area contributed by atoms with Gasteiger partial charge in [0.25, 0.3) is 0 Å². The third kappa shape index (κ3) is 4.46. The molecule has 0 saturated carbocycles. The lowest BCUT2D eigenvalue weighted by Crippen LogP contribution is -2.48. The minimum Gasteiger partial charge on any atom is -0.495 e.